The SMILES string of the molecule is COc1cccc(-c2cc(C(=O)N3CCCCC3)n(-c3ccc(Cl)c(Cl)c3)n2)c1. The summed E-state index contributed by atoms with van der Waals surface area (Å²) in [6.07, 6.45) is 3.20. The molecule has 3 aromatic rings. The lowest BCUT2D eigenvalue weighted by Crippen LogP contribution is -2.36. The Hall–Kier alpha value is -2.50. The number of rotatable bonds is 4. The first-order valence-corrected chi connectivity index (χ1v) is 10.3. The number of benzene rings is 2. The molecule has 0 saturated carbocycles. The van der Waals surface area contributed by atoms with Crippen LogP contribution >= 0.6 is 23.2 Å². The van der Waals surface area contributed by atoms with Crippen molar-refractivity contribution in [3.05, 3.63) is 64.3 Å². The number of aromatic nitrogens is 2. The molecule has 1 aliphatic heterocycles. The number of carbonyl (C=O) groups is 1. The second-order valence-corrected chi connectivity index (χ2v) is 7.82. The van der Waals surface area contributed by atoms with E-state index in [9.17, 15) is 4.79 Å². The van der Waals surface area contributed by atoms with Crippen molar-refractivity contribution in [2.45, 2.75) is 19.3 Å². The highest BCUT2D eigenvalue weighted by molar-refractivity contribution is 6.42. The first-order chi connectivity index (χ1) is 14.1. The van der Waals surface area contributed by atoms with Crippen LogP contribution in [-0.4, -0.2) is 40.8 Å². The first kappa shape index (κ1) is 19.8. The minimum absolute atomic E-state index is 0.0302. The molecule has 29 heavy (non-hydrogen) atoms. The first-order valence-electron chi connectivity index (χ1n) is 9.56. The molecule has 1 saturated heterocycles. The fourth-order valence-electron chi connectivity index (χ4n) is 3.53. The van der Waals surface area contributed by atoms with Crippen molar-refractivity contribution in [1.82, 2.24) is 14.7 Å². The Morgan fingerprint density at radius 2 is 1.79 bits per heavy atom. The molecule has 7 heteroatoms. The fourth-order valence-corrected chi connectivity index (χ4v) is 3.82. The van der Waals surface area contributed by atoms with E-state index in [-0.39, 0.29) is 5.91 Å². The molecule has 2 aromatic carbocycles. The second-order valence-electron chi connectivity index (χ2n) is 7.01. The predicted molar refractivity (Wildman–Crippen MR) is 115 cm³/mol. The zero-order valence-corrected chi connectivity index (χ0v) is 17.6. The smallest absolute Gasteiger partial charge is 0.272 e. The number of methoxy groups -OCH3 is 1. The number of amides is 1. The molecule has 1 aliphatic rings. The summed E-state index contributed by atoms with van der Waals surface area (Å²) in [4.78, 5) is 15.2. The highest BCUT2D eigenvalue weighted by Gasteiger charge is 2.24. The van der Waals surface area contributed by atoms with Gasteiger partial charge >= 0.3 is 0 Å². The van der Waals surface area contributed by atoms with E-state index in [0.29, 0.717) is 27.1 Å². The Balaban J connectivity index is 1.81. The number of ether oxygens (including phenoxy) is 1. The highest BCUT2D eigenvalue weighted by atomic mass is 35.5. The van der Waals surface area contributed by atoms with E-state index in [0.717, 1.165) is 43.7 Å². The molecule has 1 amide bonds. The molecular formula is C22H21Cl2N3O2. The van der Waals surface area contributed by atoms with Gasteiger partial charge in [-0.15, -0.1) is 0 Å². The summed E-state index contributed by atoms with van der Waals surface area (Å²) in [5.74, 6) is 0.702. The van der Waals surface area contributed by atoms with Crippen LogP contribution in [0.3, 0.4) is 0 Å². The second kappa shape index (κ2) is 8.47. The Morgan fingerprint density at radius 3 is 2.52 bits per heavy atom. The van der Waals surface area contributed by atoms with Gasteiger partial charge in [0, 0.05) is 18.7 Å². The maximum absolute atomic E-state index is 13.3. The van der Waals surface area contributed by atoms with Crippen molar-refractivity contribution in [2.24, 2.45) is 0 Å². The van der Waals surface area contributed by atoms with E-state index >= 15 is 0 Å². The van der Waals surface area contributed by atoms with Crippen LogP contribution < -0.4 is 4.74 Å². The van der Waals surface area contributed by atoms with Crippen LogP contribution in [-0.2, 0) is 0 Å². The van der Waals surface area contributed by atoms with Gasteiger partial charge in [-0.25, -0.2) is 4.68 Å². The molecule has 1 aromatic heterocycles. The topological polar surface area (TPSA) is 47.4 Å². The summed E-state index contributed by atoms with van der Waals surface area (Å²) in [5.41, 5.74) is 2.75. The lowest BCUT2D eigenvalue weighted by atomic mass is 10.1. The van der Waals surface area contributed by atoms with Crippen LogP contribution in [0.5, 0.6) is 5.75 Å². The Labute approximate surface area is 179 Å². The number of likely N-dealkylation sites (tertiary alicyclic amines) is 1. The van der Waals surface area contributed by atoms with E-state index in [1.165, 1.54) is 0 Å². The predicted octanol–water partition coefficient (Wildman–Crippen LogP) is 5.48. The molecule has 1 fully saturated rings. The average molecular weight is 430 g/mol. The number of hydrogen-bond donors (Lipinski definition) is 0. The minimum Gasteiger partial charge on any atom is -0.497 e. The summed E-state index contributed by atoms with van der Waals surface area (Å²) in [6, 6.07) is 14.7. The van der Waals surface area contributed by atoms with Gasteiger partial charge in [0.15, 0.2) is 0 Å². The number of nitrogens with zero attached hydrogens (tertiary/aromatic N) is 3. The normalized spacial score (nSPS) is 14.1. The molecule has 0 N–H and O–H groups in total. The van der Waals surface area contributed by atoms with Crippen molar-refractivity contribution >= 4 is 29.1 Å². The molecule has 0 atom stereocenters. The summed E-state index contributed by atoms with van der Waals surface area (Å²) < 4.78 is 6.97. The van der Waals surface area contributed by atoms with Crippen LogP contribution in [0, 0.1) is 0 Å². The monoisotopic (exact) mass is 429 g/mol. The molecular weight excluding hydrogens is 409 g/mol. The van der Waals surface area contributed by atoms with Gasteiger partial charge in [0.2, 0.25) is 0 Å². The minimum atomic E-state index is -0.0302. The number of hydrogen-bond acceptors (Lipinski definition) is 3. The molecule has 150 valence electrons. The summed E-state index contributed by atoms with van der Waals surface area (Å²) in [5, 5.41) is 5.60. The Bertz CT molecular complexity index is 1040. The molecule has 0 radical (unpaired) electrons. The zero-order valence-electron chi connectivity index (χ0n) is 16.1. The number of carbonyl (C=O) groups excluding carboxylic acids is 1. The maximum atomic E-state index is 13.3. The number of piperidine rings is 1. The molecule has 0 unspecified atom stereocenters. The average Bonchev–Trinajstić information content (AvgIpc) is 3.21. The molecule has 0 spiro atoms. The van der Waals surface area contributed by atoms with Crippen LogP contribution in [0.25, 0.3) is 16.9 Å². The quantitative estimate of drug-likeness (QED) is 0.551. The van der Waals surface area contributed by atoms with Crippen LogP contribution in [0.15, 0.2) is 48.5 Å². The lowest BCUT2D eigenvalue weighted by molar-refractivity contribution is 0.0715. The Kier molecular flexibility index (Phi) is 5.79. The fraction of sp³-hybridized carbons (Fsp3) is 0.273. The van der Waals surface area contributed by atoms with Crippen LogP contribution in [0.2, 0.25) is 10.0 Å². The van der Waals surface area contributed by atoms with E-state index in [4.69, 9.17) is 33.0 Å². The van der Waals surface area contributed by atoms with E-state index < -0.39 is 0 Å². The van der Waals surface area contributed by atoms with Crippen LogP contribution in [0.1, 0.15) is 29.8 Å². The summed E-state index contributed by atoms with van der Waals surface area (Å²) in [7, 11) is 1.62. The van der Waals surface area contributed by atoms with Crippen molar-refractivity contribution in [1.29, 1.82) is 0 Å². The molecule has 0 bridgehead atoms. The van der Waals surface area contributed by atoms with Gasteiger partial charge in [0.1, 0.15) is 11.4 Å². The van der Waals surface area contributed by atoms with Gasteiger partial charge in [-0.2, -0.15) is 5.10 Å². The van der Waals surface area contributed by atoms with Gasteiger partial charge in [0.25, 0.3) is 5.91 Å². The standard InChI is InChI=1S/C22H21Cl2N3O2/c1-29-17-7-5-6-15(12-17)20-14-21(22(28)26-10-3-2-4-11-26)27(25-20)16-8-9-18(23)19(24)13-16/h5-9,12-14H,2-4,10-11H2,1H3. The third kappa shape index (κ3) is 4.11. The van der Waals surface area contributed by atoms with Gasteiger partial charge in [-0.3, -0.25) is 4.79 Å². The van der Waals surface area contributed by atoms with Crippen LogP contribution in [0.4, 0.5) is 0 Å². The van der Waals surface area contributed by atoms with Gasteiger partial charge < -0.3 is 9.64 Å². The van der Waals surface area contributed by atoms with Gasteiger partial charge in [-0.05, 0) is 55.7 Å². The highest BCUT2D eigenvalue weighted by Crippen LogP contribution is 2.29. The summed E-state index contributed by atoms with van der Waals surface area (Å²) >= 11 is 12.3. The Morgan fingerprint density at radius 1 is 1.00 bits per heavy atom. The molecule has 0 aliphatic carbocycles. The summed E-state index contributed by atoms with van der Waals surface area (Å²) in [6.45, 7) is 1.53. The molecule has 5 nitrogen and oxygen atoms in total. The maximum Gasteiger partial charge on any atom is 0.272 e. The van der Waals surface area contributed by atoms with E-state index in [1.807, 2.05) is 41.3 Å². The lowest BCUT2D eigenvalue weighted by Gasteiger charge is -2.26. The third-order valence-electron chi connectivity index (χ3n) is 5.09. The van der Waals surface area contributed by atoms with Crippen molar-refractivity contribution in [2.75, 3.05) is 20.2 Å². The molecule has 4 rings (SSSR count). The largest absolute Gasteiger partial charge is 0.497 e. The molecule has 2 heterocycles. The van der Waals surface area contributed by atoms with E-state index in [1.54, 1.807) is 23.9 Å². The van der Waals surface area contributed by atoms with Crippen molar-refractivity contribution in [3.63, 3.8) is 0 Å². The van der Waals surface area contributed by atoms with Crippen molar-refractivity contribution in [3.8, 4) is 22.7 Å². The zero-order chi connectivity index (χ0) is 20.4. The van der Waals surface area contributed by atoms with Gasteiger partial charge in [0.05, 0.1) is 28.5 Å². The third-order valence-corrected chi connectivity index (χ3v) is 5.82. The van der Waals surface area contributed by atoms with Crippen molar-refractivity contribution < 1.29 is 9.53 Å². The van der Waals surface area contributed by atoms with Gasteiger partial charge in [-0.1, -0.05) is 35.3 Å². The van der Waals surface area contributed by atoms with E-state index in [2.05, 4.69) is 0 Å². The number of halogens is 2.